The Morgan fingerprint density at radius 1 is 1.15 bits per heavy atom. The highest BCUT2D eigenvalue weighted by Gasteiger charge is 2.16. The van der Waals surface area contributed by atoms with Crippen LogP contribution in [0.25, 0.3) is 0 Å². The second-order valence-corrected chi connectivity index (χ2v) is 5.41. The van der Waals surface area contributed by atoms with Crippen LogP contribution in [0.4, 0.5) is 0 Å². The Morgan fingerprint density at radius 2 is 1.85 bits per heavy atom. The summed E-state index contributed by atoms with van der Waals surface area (Å²) in [6.45, 7) is 6.59. The van der Waals surface area contributed by atoms with Crippen LogP contribution in [0.15, 0.2) is 35.4 Å². The number of allylic oxidation sites excluding steroid dienone is 4. The van der Waals surface area contributed by atoms with Crippen LogP contribution in [0.5, 0.6) is 17.2 Å². The average molecular weight is 274 g/mol. The molecule has 20 heavy (non-hydrogen) atoms. The van der Waals surface area contributed by atoms with E-state index >= 15 is 0 Å². The molecule has 0 spiro atoms. The molecule has 0 amide bonds. The van der Waals surface area contributed by atoms with Gasteiger partial charge < -0.3 is 14.6 Å². The fourth-order valence-corrected chi connectivity index (χ4v) is 2.11. The fraction of sp³-hybridized carbons (Fsp3) is 0.412. The minimum absolute atomic E-state index is 0.232. The summed E-state index contributed by atoms with van der Waals surface area (Å²) in [6, 6.07) is 3.49. The van der Waals surface area contributed by atoms with Crippen molar-refractivity contribution in [2.75, 3.05) is 6.79 Å². The van der Waals surface area contributed by atoms with Gasteiger partial charge in [-0.15, -0.1) is 0 Å². The van der Waals surface area contributed by atoms with Gasteiger partial charge in [-0.3, -0.25) is 0 Å². The molecule has 3 heteroatoms. The van der Waals surface area contributed by atoms with Crippen molar-refractivity contribution in [2.24, 2.45) is 0 Å². The predicted molar refractivity (Wildman–Crippen MR) is 80.4 cm³/mol. The van der Waals surface area contributed by atoms with Crippen LogP contribution in [0.2, 0.25) is 0 Å². The number of hydrogen-bond acceptors (Lipinski definition) is 3. The molecule has 0 unspecified atom stereocenters. The zero-order valence-electron chi connectivity index (χ0n) is 12.4. The monoisotopic (exact) mass is 274 g/mol. The number of hydrogen-bond donors (Lipinski definition) is 1. The first-order valence-electron chi connectivity index (χ1n) is 6.96. The van der Waals surface area contributed by atoms with Gasteiger partial charge in [0.25, 0.3) is 0 Å². The second kappa shape index (κ2) is 6.51. The molecule has 3 nitrogen and oxygen atoms in total. The van der Waals surface area contributed by atoms with Crippen molar-refractivity contribution < 1.29 is 14.6 Å². The van der Waals surface area contributed by atoms with Gasteiger partial charge in [-0.2, -0.15) is 0 Å². The largest absolute Gasteiger partial charge is 0.508 e. The predicted octanol–water partition coefficient (Wildman–Crippen LogP) is 4.36. The molecule has 0 saturated carbocycles. The molecule has 108 valence electrons. The van der Waals surface area contributed by atoms with Crippen molar-refractivity contribution in [1.29, 1.82) is 0 Å². The third-order valence-corrected chi connectivity index (χ3v) is 3.34. The van der Waals surface area contributed by atoms with Crippen molar-refractivity contribution >= 4 is 0 Å². The molecule has 1 aromatic carbocycles. The summed E-state index contributed by atoms with van der Waals surface area (Å²) < 4.78 is 10.6. The first-order valence-corrected chi connectivity index (χ1v) is 6.96. The molecule has 0 radical (unpaired) electrons. The molecule has 2 rings (SSSR count). The maximum Gasteiger partial charge on any atom is 0.231 e. The molecule has 1 aromatic rings. The van der Waals surface area contributed by atoms with E-state index in [1.54, 1.807) is 6.07 Å². The van der Waals surface area contributed by atoms with Gasteiger partial charge in [0.05, 0.1) is 0 Å². The Balaban J connectivity index is 1.98. The highest BCUT2D eigenvalue weighted by Crippen LogP contribution is 2.37. The van der Waals surface area contributed by atoms with Crippen molar-refractivity contribution in [3.8, 4) is 17.2 Å². The summed E-state index contributed by atoms with van der Waals surface area (Å²) in [6.07, 6.45) is 7.24. The van der Waals surface area contributed by atoms with Crippen molar-refractivity contribution in [1.82, 2.24) is 0 Å². The van der Waals surface area contributed by atoms with E-state index in [0.29, 0.717) is 17.9 Å². The minimum atomic E-state index is 0.232. The van der Waals surface area contributed by atoms with Crippen LogP contribution in [0.3, 0.4) is 0 Å². The molecule has 1 aliphatic heterocycles. The molecule has 1 heterocycles. The molecule has 0 fully saturated rings. The number of ether oxygens (including phenoxy) is 2. The number of phenols is 1. The third-order valence-electron chi connectivity index (χ3n) is 3.34. The summed E-state index contributed by atoms with van der Waals surface area (Å²) in [5.41, 5.74) is 3.56. The van der Waals surface area contributed by atoms with Crippen molar-refractivity contribution in [3.05, 3.63) is 41.0 Å². The Labute approximate surface area is 120 Å². The third kappa shape index (κ3) is 3.80. The maximum atomic E-state index is 9.96. The van der Waals surface area contributed by atoms with Crippen LogP contribution in [-0.2, 0) is 6.42 Å². The van der Waals surface area contributed by atoms with E-state index < -0.39 is 0 Å². The van der Waals surface area contributed by atoms with Gasteiger partial charge in [-0.25, -0.2) is 0 Å². The first kappa shape index (κ1) is 14.5. The number of aromatic hydroxyl groups is 1. The summed E-state index contributed by atoms with van der Waals surface area (Å²) in [7, 11) is 0. The summed E-state index contributed by atoms with van der Waals surface area (Å²) >= 11 is 0. The van der Waals surface area contributed by atoms with Crippen LogP contribution < -0.4 is 9.47 Å². The van der Waals surface area contributed by atoms with Gasteiger partial charge in [0.15, 0.2) is 11.5 Å². The Bertz CT molecular complexity index is 537. The molecule has 1 N–H and O–H groups in total. The molecular formula is C17H22O3. The summed E-state index contributed by atoms with van der Waals surface area (Å²) in [5, 5.41) is 9.96. The zero-order valence-corrected chi connectivity index (χ0v) is 12.4. The lowest BCUT2D eigenvalue weighted by atomic mass is 10.0. The lowest BCUT2D eigenvalue weighted by molar-refractivity contribution is 0.174. The van der Waals surface area contributed by atoms with E-state index in [0.717, 1.165) is 18.4 Å². The summed E-state index contributed by atoms with van der Waals surface area (Å²) in [4.78, 5) is 0. The molecular weight excluding hydrogens is 252 g/mol. The van der Waals surface area contributed by atoms with Crippen molar-refractivity contribution in [3.63, 3.8) is 0 Å². The number of benzene rings is 1. The average Bonchev–Trinajstić information content (AvgIpc) is 2.82. The van der Waals surface area contributed by atoms with Gasteiger partial charge in [-0.05, 0) is 46.1 Å². The van der Waals surface area contributed by atoms with Crippen LogP contribution in [0, 0.1) is 0 Å². The molecule has 0 atom stereocenters. The Kier molecular flexibility index (Phi) is 4.72. The lowest BCUT2D eigenvalue weighted by Gasteiger charge is -2.05. The van der Waals surface area contributed by atoms with Gasteiger partial charge in [-0.1, -0.05) is 23.3 Å². The van der Waals surface area contributed by atoms with E-state index in [-0.39, 0.29) is 12.5 Å². The van der Waals surface area contributed by atoms with Crippen LogP contribution in [0.1, 0.15) is 39.2 Å². The smallest absolute Gasteiger partial charge is 0.231 e. The Hall–Kier alpha value is -1.90. The Morgan fingerprint density at radius 3 is 2.55 bits per heavy atom. The number of rotatable bonds is 5. The molecule has 1 aliphatic rings. The summed E-state index contributed by atoms with van der Waals surface area (Å²) in [5.74, 6) is 1.60. The number of phenolic OH excluding ortho intramolecular Hbond substituents is 1. The topological polar surface area (TPSA) is 38.7 Å². The zero-order chi connectivity index (χ0) is 14.5. The normalized spacial score (nSPS) is 13.4. The van der Waals surface area contributed by atoms with E-state index in [2.05, 4.69) is 32.9 Å². The van der Waals surface area contributed by atoms with Gasteiger partial charge in [0.1, 0.15) is 5.75 Å². The highest BCUT2D eigenvalue weighted by atomic mass is 16.7. The van der Waals surface area contributed by atoms with E-state index in [1.165, 1.54) is 11.1 Å². The standard InChI is InChI=1S/C17H22O3/c1-12(2)5-4-6-13(3)7-8-14-9-16-17(10-15(14)18)20-11-19-16/h5,7,9-10,18H,4,6,8,11H2,1-3H3/b13-7+. The van der Waals surface area contributed by atoms with Crippen LogP contribution >= 0.6 is 0 Å². The van der Waals surface area contributed by atoms with E-state index in [4.69, 9.17) is 9.47 Å². The SMILES string of the molecule is CC(C)=CCC/C(C)=C/Cc1cc2c(cc1O)OCO2. The molecule has 0 aliphatic carbocycles. The van der Waals surface area contributed by atoms with Crippen molar-refractivity contribution in [2.45, 2.75) is 40.0 Å². The molecule has 0 saturated heterocycles. The lowest BCUT2D eigenvalue weighted by Crippen LogP contribution is -1.92. The van der Waals surface area contributed by atoms with E-state index in [9.17, 15) is 5.11 Å². The second-order valence-electron chi connectivity index (χ2n) is 5.41. The van der Waals surface area contributed by atoms with Gasteiger partial charge in [0, 0.05) is 11.6 Å². The first-order chi connectivity index (χ1) is 9.56. The van der Waals surface area contributed by atoms with Crippen LogP contribution in [-0.4, -0.2) is 11.9 Å². The molecule has 0 bridgehead atoms. The van der Waals surface area contributed by atoms with Gasteiger partial charge >= 0.3 is 0 Å². The van der Waals surface area contributed by atoms with Gasteiger partial charge in [0.2, 0.25) is 6.79 Å². The quantitative estimate of drug-likeness (QED) is 0.811. The van der Waals surface area contributed by atoms with E-state index in [1.807, 2.05) is 6.07 Å². The molecule has 0 aromatic heterocycles. The minimum Gasteiger partial charge on any atom is -0.508 e. The maximum absolute atomic E-state index is 9.96. The fourth-order valence-electron chi connectivity index (χ4n) is 2.11. The number of fused-ring (bicyclic) bond motifs is 1. The highest BCUT2D eigenvalue weighted by molar-refractivity contribution is 5.51.